The van der Waals surface area contributed by atoms with Crippen LogP contribution in [-0.2, 0) is 6.18 Å². The van der Waals surface area contributed by atoms with Crippen molar-refractivity contribution in [2.24, 2.45) is 0 Å². The van der Waals surface area contributed by atoms with Crippen molar-refractivity contribution in [1.29, 1.82) is 0 Å². The Kier molecular flexibility index (Phi) is 7.37. The summed E-state index contributed by atoms with van der Waals surface area (Å²) in [4.78, 5) is 30.9. The molecule has 0 fully saturated rings. The van der Waals surface area contributed by atoms with Gasteiger partial charge in [-0.25, -0.2) is 9.67 Å². The van der Waals surface area contributed by atoms with E-state index in [0.29, 0.717) is 10.6 Å². The summed E-state index contributed by atoms with van der Waals surface area (Å²) in [7, 11) is 1.43. The topological polar surface area (TPSA) is 133 Å². The summed E-state index contributed by atoms with van der Waals surface area (Å²) >= 11 is 12.4. The minimum absolute atomic E-state index is 0.0826. The van der Waals surface area contributed by atoms with Crippen molar-refractivity contribution in [3.8, 4) is 5.82 Å². The highest BCUT2D eigenvalue weighted by Gasteiger charge is 2.37. The van der Waals surface area contributed by atoms with Crippen molar-refractivity contribution in [1.82, 2.24) is 40.3 Å². The van der Waals surface area contributed by atoms with Gasteiger partial charge in [-0.3, -0.25) is 9.59 Å². The summed E-state index contributed by atoms with van der Waals surface area (Å²) < 4.78 is 40.1. The Hall–Kier alpha value is -4.04. The highest BCUT2D eigenvalue weighted by Crippen LogP contribution is 2.29. The second-order valence-corrected chi connectivity index (χ2v) is 8.80. The fourth-order valence-electron chi connectivity index (χ4n) is 3.48. The third-order valence-corrected chi connectivity index (χ3v) is 5.88. The van der Waals surface area contributed by atoms with Crippen LogP contribution in [0.4, 0.5) is 18.9 Å². The van der Waals surface area contributed by atoms with E-state index in [4.69, 9.17) is 23.2 Å². The molecular weight excluding hydrogens is 550 g/mol. The summed E-state index contributed by atoms with van der Waals surface area (Å²) in [6.45, 7) is 3.13. The number of carbonyl (C=O) groups is 2. The predicted octanol–water partition coefficient (Wildman–Crippen LogP) is 4.11. The van der Waals surface area contributed by atoms with Gasteiger partial charge in [-0.15, -0.1) is 10.2 Å². The normalized spacial score (nSPS) is 12.3. The van der Waals surface area contributed by atoms with E-state index in [1.165, 1.54) is 38.4 Å². The average Bonchev–Trinajstić information content (AvgIpc) is 3.53. The van der Waals surface area contributed by atoms with E-state index >= 15 is 0 Å². The van der Waals surface area contributed by atoms with E-state index < -0.39 is 29.9 Å². The van der Waals surface area contributed by atoms with E-state index in [9.17, 15) is 22.8 Å². The van der Waals surface area contributed by atoms with E-state index in [2.05, 4.69) is 36.1 Å². The molecule has 1 aromatic carbocycles. The zero-order chi connectivity index (χ0) is 27.8. The Labute approximate surface area is 222 Å². The third-order valence-electron chi connectivity index (χ3n) is 5.37. The maximum Gasteiger partial charge on any atom is 0.455 e. The van der Waals surface area contributed by atoms with Crippen LogP contribution in [0.2, 0.25) is 10.0 Å². The van der Waals surface area contributed by atoms with Gasteiger partial charge in [0.25, 0.3) is 17.6 Å². The maximum absolute atomic E-state index is 13.5. The van der Waals surface area contributed by atoms with E-state index in [0.717, 1.165) is 9.48 Å². The number of nitrogens with zero attached hydrogens (tertiary/aromatic N) is 7. The summed E-state index contributed by atoms with van der Waals surface area (Å²) in [6, 6.07) is 6.43. The molecule has 0 saturated heterocycles. The van der Waals surface area contributed by atoms with Crippen LogP contribution in [0.15, 0.2) is 36.5 Å². The number of hydrogen-bond acceptors (Lipinski definition) is 7. The van der Waals surface area contributed by atoms with Gasteiger partial charge >= 0.3 is 6.18 Å². The lowest BCUT2D eigenvalue weighted by Crippen LogP contribution is -2.23. The molecule has 38 heavy (non-hydrogen) atoms. The molecule has 2 amide bonds. The highest BCUT2D eigenvalue weighted by atomic mass is 35.5. The number of amides is 2. The predicted molar refractivity (Wildman–Crippen MR) is 131 cm³/mol. The van der Waals surface area contributed by atoms with Crippen LogP contribution in [0.5, 0.6) is 0 Å². The van der Waals surface area contributed by atoms with Crippen LogP contribution in [-0.4, -0.2) is 53.8 Å². The molecule has 3 heterocycles. The number of hydrogen-bond donors (Lipinski definition) is 2. The first-order valence-electron chi connectivity index (χ1n) is 10.8. The van der Waals surface area contributed by atoms with Crippen molar-refractivity contribution in [3.05, 3.63) is 74.9 Å². The summed E-state index contributed by atoms with van der Waals surface area (Å²) in [5.74, 6) is -2.54. The Morgan fingerprint density at radius 1 is 1.11 bits per heavy atom. The number of carbonyl (C=O) groups excluding carboxylic acids is 2. The summed E-state index contributed by atoms with van der Waals surface area (Å²) in [6.07, 6.45) is -3.36. The molecule has 0 aliphatic carbocycles. The highest BCUT2D eigenvalue weighted by molar-refractivity contribution is 6.32. The molecule has 0 saturated carbocycles. The Morgan fingerprint density at radius 2 is 1.84 bits per heavy atom. The molecule has 4 aromatic rings. The molecule has 3 aromatic heterocycles. The number of halogens is 5. The van der Waals surface area contributed by atoms with Crippen molar-refractivity contribution in [3.63, 3.8) is 0 Å². The van der Waals surface area contributed by atoms with Gasteiger partial charge in [-0.05, 0) is 55.0 Å². The minimum atomic E-state index is -4.79. The smallest absolute Gasteiger partial charge is 0.355 e. The first kappa shape index (κ1) is 27.0. The fourth-order valence-corrected chi connectivity index (χ4v) is 3.96. The number of tetrazole rings is 1. The van der Waals surface area contributed by atoms with Crippen molar-refractivity contribution in [2.45, 2.75) is 26.1 Å². The molecule has 1 atom stereocenters. The third kappa shape index (κ3) is 5.31. The minimum Gasteiger partial charge on any atom is -0.355 e. The number of pyridine rings is 1. The molecule has 1 unspecified atom stereocenters. The number of benzene rings is 1. The van der Waals surface area contributed by atoms with Gasteiger partial charge in [-0.1, -0.05) is 23.2 Å². The molecule has 0 aliphatic rings. The summed E-state index contributed by atoms with van der Waals surface area (Å²) in [5, 5.41) is 19.9. The number of aromatic nitrogens is 7. The van der Waals surface area contributed by atoms with E-state index in [1.807, 2.05) is 0 Å². The lowest BCUT2D eigenvalue weighted by molar-refractivity contribution is -0.145. The van der Waals surface area contributed by atoms with Crippen LogP contribution in [0.3, 0.4) is 0 Å². The molecule has 0 bridgehead atoms. The Balaban J connectivity index is 1.79. The average molecular weight is 568 g/mol. The largest absolute Gasteiger partial charge is 0.455 e. The van der Waals surface area contributed by atoms with Gasteiger partial charge in [0.15, 0.2) is 5.82 Å². The van der Waals surface area contributed by atoms with Gasteiger partial charge < -0.3 is 10.6 Å². The summed E-state index contributed by atoms with van der Waals surface area (Å²) in [5.41, 5.74) is 0.850. The van der Waals surface area contributed by atoms with Crippen molar-refractivity contribution in [2.75, 3.05) is 12.4 Å². The van der Waals surface area contributed by atoms with Crippen molar-refractivity contribution >= 4 is 40.7 Å². The molecule has 0 aliphatic heterocycles. The first-order chi connectivity index (χ1) is 17.9. The van der Waals surface area contributed by atoms with Crippen LogP contribution in [0.1, 0.15) is 50.9 Å². The SMILES string of the molecule is CNC(=O)c1cc(Cl)cc(C)c1NC(=O)c1cc(C(C)n2nnc(C(F)(F)F)n2)nn1-c1ncccc1Cl. The quantitative estimate of drug-likeness (QED) is 0.358. The van der Waals surface area contributed by atoms with Crippen LogP contribution in [0.25, 0.3) is 5.82 Å². The Bertz CT molecular complexity index is 1530. The molecule has 198 valence electrons. The van der Waals surface area contributed by atoms with Crippen LogP contribution in [0, 0.1) is 6.92 Å². The van der Waals surface area contributed by atoms with Crippen LogP contribution >= 0.6 is 23.2 Å². The molecule has 0 spiro atoms. The second kappa shape index (κ2) is 10.4. The lowest BCUT2D eigenvalue weighted by Gasteiger charge is -2.14. The van der Waals surface area contributed by atoms with Crippen molar-refractivity contribution < 1.29 is 22.8 Å². The first-order valence-corrected chi connectivity index (χ1v) is 11.6. The molecule has 11 nitrogen and oxygen atoms in total. The second-order valence-electron chi connectivity index (χ2n) is 7.96. The molecule has 2 N–H and O–H groups in total. The molecule has 16 heteroatoms. The number of anilines is 1. The number of alkyl halides is 3. The Morgan fingerprint density at radius 3 is 2.47 bits per heavy atom. The molecule has 4 rings (SSSR count). The van der Waals surface area contributed by atoms with E-state index in [-0.39, 0.29) is 33.5 Å². The lowest BCUT2D eigenvalue weighted by atomic mass is 10.1. The van der Waals surface area contributed by atoms with Crippen LogP contribution < -0.4 is 10.6 Å². The monoisotopic (exact) mass is 567 g/mol. The molecule has 0 radical (unpaired) electrons. The maximum atomic E-state index is 13.5. The standard InChI is InChI=1S/C22H18Cl2F3N9O2/c1-10-7-12(23)8-13(19(37)28-3)17(10)30-20(38)16-9-15(32-35(16)18-14(24)5-4-6-29-18)11(2)36-33-21(31-34-36)22(25,26)27/h4-9,11H,1-3H3,(H,28,37)(H,30,38). The van der Waals surface area contributed by atoms with Gasteiger partial charge in [0.05, 0.1) is 22.0 Å². The zero-order valence-electron chi connectivity index (χ0n) is 19.9. The van der Waals surface area contributed by atoms with Gasteiger partial charge in [-0.2, -0.15) is 23.1 Å². The molecular formula is C22H18Cl2F3N9O2. The number of nitrogens with one attached hydrogen (secondary N) is 2. The van der Waals surface area contributed by atoms with Gasteiger partial charge in [0.2, 0.25) is 0 Å². The number of rotatable bonds is 6. The number of aryl methyl sites for hydroxylation is 1. The fraction of sp³-hybridized carbons (Fsp3) is 0.227. The zero-order valence-corrected chi connectivity index (χ0v) is 21.4. The van der Waals surface area contributed by atoms with E-state index in [1.54, 1.807) is 19.1 Å². The van der Waals surface area contributed by atoms with Gasteiger partial charge in [0, 0.05) is 18.3 Å². The van der Waals surface area contributed by atoms with Gasteiger partial charge in [0.1, 0.15) is 11.7 Å².